The Balaban J connectivity index is 2.16. The molecule has 7 heteroatoms. The minimum absolute atomic E-state index is 0.0357. The number of carbonyl (C=O) groups is 1. The van der Waals surface area contributed by atoms with Gasteiger partial charge in [0.05, 0.1) is 11.3 Å². The molecular weight excluding hydrogens is 289 g/mol. The third-order valence-electron chi connectivity index (χ3n) is 2.42. The Morgan fingerprint density at radius 1 is 1.37 bits per heavy atom. The molecule has 5 nitrogen and oxygen atoms in total. The molecule has 0 unspecified atom stereocenters. The van der Waals surface area contributed by atoms with Crippen molar-refractivity contribution >= 4 is 35.0 Å². The van der Waals surface area contributed by atoms with Crippen molar-refractivity contribution in [3.8, 4) is 0 Å². The van der Waals surface area contributed by atoms with E-state index in [9.17, 15) is 4.79 Å². The van der Waals surface area contributed by atoms with E-state index in [1.54, 1.807) is 6.07 Å². The quantitative estimate of drug-likeness (QED) is 0.876. The summed E-state index contributed by atoms with van der Waals surface area (Å²) >= 11 is 11.5. The van der Waals surface area contributed by atoms with Crippen molar-refractivity contribution in [1.82, 2.24) is 10.1 Å². The van der Waals surface area contributed by atoms with Gasteiger partial charge in [0.1, 0.15) is 10.3 Å². The molecule has 0 aromatic carbocycles. The number of halogens is 2. The van der Waals surface area contributed by atoms with Gasteiger partial charge in [-0.05, 0) is 18.1 Å². The first-order valence-electron chi connectivity index (χ1n) is 5.57. The van der Waals surface area contributed by atoms with Gasteiger partial charge in [-0.2, -0.15) is 0 Å². The van der Waals surface area contributed by atoms with Gasteiger partial charge in [-0.3, -0.25) is 10.1 Å². The van der Waals surface area contributed by atoms with E-state index >= 15 is 0 Å². The standard InChI is InChI=1S/C12H11Cl2N3O2/c1-6(2)8-5-10(19-17-8)16-12(18)7-3-4-9(13)15-11(7)14/h3-6H,1-2H3,(H,16,18). The van der Waals surface area contributed by atoms with Crippen LogP contribution < -0.4 is 5.32 Å². The second-order valence-corrected chi connectivity index (χ2v) is 4.94. The fraction of sp³-hybridized carbons (Fsp3) is 0.250. The molecule has 2 aromatic heterocycles. The van der Waals surface area contributed by atoms with Gasteiger partial charge in [0.15, 0.2) is 0 Å². The Labute approximate surface area is 119 Å². The van der Waals surface area contributed by atoms with Gasteiger partial charge in [-0.1, -0.05) is 42.2 Å². The maximum Gasteiger partial charge on any atom is 0.261 e. The fourth-order valence-electron chi connectivity index (χ4n) is 1.38. The van der Waals surface area contributed by atoms with E-state index in [1.165, 1.54) is 12.1 Å². The van der Waals surface area contributed by atoms with Gasteiger partial charge < -0.3 is 4.52 Å². The summed E-state index contributed by atoms with van der Waals surface area (Å²) in [5.74, 6) is 0.0514. The number of hydrogen-bond acceptors (Lipinski definition) is 4. The van der Waals surface area contributed by atoms with Crippen molar-refractivity contribution in [3.63, 3.8) is 0 Å². The summed E-state index contributed by atoms with van der Waals surface area (Å²) < 4.78 is 5.01. The highest BCUT2D eigenvalue weighted by atomic mass is 35.5. The monoisotopic (exact) mass is 299 g/mol. The van der Waals surface area contributed by atoms with Crippen LogP contribution in [0.5, 0.6) is 0 Å². The second-order valence-electron chi connectivity index (χ2n) is 4.20. The topological polar surface area (TPSA) is 68.0 Å². The van der Waals surface area contributed by atoms with Crippen LogP contribution in [0.4, 0.5) is 5.88 Å². The first kappa shape index (κ1) is 13.8. The average molecular weight is 300 g/mol. The second kappa shape index (κ2) is 5.59. The van der Waals surface area contributed by atoms with E-state index in [0.717, 1.165) is 5.69 Å². The van der Waals surface area contributed by atoms with Crippen molar-refractivity contribution in [2.75, 3.05) is 5.32 Å². The zero-order valence-electron chi connectivity index (χ0n) is 10.3. The van der Waals surface area contributed by atoms with Crippen LogP contribution in [0.25, 0.3) is 0 Å². The number of nitrogens with zero attached hydrogens (tertiary/aromatic N) is 2. The minimum Gasteiger partial charge on any atom is -0.338 e. The highest BCUT2D eigenvalue weighted by Gasteiger charge is 2.15. The number of nitrogens with one attached hydrogen (secondary N) is 1. The number of aromatic nitrogens is 2. The molecule has 0 aliphatic carbocycles. The summed E-state index contributed by atoms with van der Waals surface area (Å²) in [6.07, 6.45) is 0. The summed E-state index contributed by atoms with van der Waals surface area (Å²) in [5.41, 5.74) is 0.976. The van der Waals surface area contributed by atoms with Gasteiger partial charge in [0, 0.05) is 6.07 Å². The van der Waals surface area contributed by atoms with Crippen LogP contribution in [-0.4, -0.2) is 16.0 Å². The van der Waals surface area contributed by atoms with E-state index in [1.807, 2.05) is 13.8 Å². The molecule has 0 aliphatic rings. The highest BCUT2D eigenvalue weighted by molar-refractivity contribution is 6.35. The maximum absolute atomic E-state index is 12.0. The Kier molecular flexibility index (Phi) is 4.07. The van der Waals surface area contributed by atoms with Gasteiger partial charge in [-0.15, -0.1) is 0 Å². The van der Waals surface area contributed by atoms with Gasteiger partial charge in [0.2, 0.25) is 5.88 Å². The van der Waals surface area contributed by atoms with Crippen molar-refractivity contribution < 1.29 is 9.32 Å². The molecule has 2 heterocycles. The van der Waals surface area contributed by atoms with Crippen LogP contribution in [0.15, 0.2) is 22.7 Å². The summed E-state index contributed by atoms with van der Waals surface area (Å²) in [6.45, 7) is 3.95. The predicted molar refractivity (Wildman–Crippen MR) is 72.8 cm³/mol. The largest absolute Gasteiger partial charge is 0.338 e. The lowest BCUT2D eigenvalue weighted by Gasteiger charge is -2.02. The van der Waals surface area contributed by atoms with Crippen molar-refractivity contribution in [3.05, 3.63) is 39.8 Å². The molecule has 0 fully saturated rings. The predicted octanol–water partition coefficient (Wildman–Crippen LogP) is 3.75. The molecule has 1 amide bonds. The Morgan fingerprint density at radius 2 is 2.11 bits per heavy atom. The smallest absolute Gasteiger partial charge is 0.261 e. The molecule has 100 valence electrons. The lowest BCUT2D eigenvalue weighted by atomic mass is 10.1. The third kappa shape index (κ3) is 3.24. The SMILES string of the molecule is CC(C)c1cc(NC(=O)c2ccc(Cl)nc2Cl)on1. The molecule has 0 aliphatic heterocycles. The number of amides is 1. The number of pyridine rings is 1. The van der Waals surface area contributed by atoms with Crippen molar-refractivity contribution in [2.24, 2.45) is 0 Å². The first-order valence-corrected chi connectivity index (χ1v) is 6.33. The van der Waals surface area contributed by atoms with Crippen LogP contribution in [0.3, 0.4) is 0 Å². The number of carbonyl (C=O) groups excluding carboxylic acids is 1. The van der Waals surface area contributed by atoms with Crippen LogP contribution in [0.1, 0.15) is 35.8 Å². The van der Waals surface area contributed by atoms with E-state index < -0.39 is 5.91 Å². The zero-order chi connectivity index (χ0) is 14.0. The molecule has 0 saturated carbocycles. The Morgan fingerprint density at radius 3 is 2.68 bits per heavy atom. The average Bonchev–Trinajstić information content (AvgIpc) is 2.77. The number of anilines is 1. The van der Waals surface area contributed by atoms with Crippen LogP contribution in [0, 0.1) is 0 Å². The summed E-state index contributed by atoms with van der Waals surface area (Å²) in [4.78, 5) is 15.8. The molecule has 0 saturated heterocycles. The Hall–Kier alpha value is -1.59. The molecular formula is C12H11Cl2N3O2. The molecule has 0 radical (unpaired) electrons. The van der Waals surface area contributed by atoms with Crippen LogP contribution >= 0.6 is 23.2 Å². The Bertz CT molecular complexity index is 611. The summed E-state index contributed by atoms with van der Waals surface area (Å²) in [6, 6.07) is 4.65. The summed E-state index contributed by atoms with van der Waals surface area (Å²) in [7, 11) is 0. The van der Waals surface area contributed by atoms with Gasteiger partial charge in [-0.25, -0.2) is 4.98 Å². The number of rotatable bonds is 3. The van der Waals surface area contributed by atoms with E-state index in [2.05, 4.69) is 15.5 Å². The fourth-order valence-corrected chi connectivity index (χ4v) is 1.81. The first-order chi connectivity index (χ1) is 8.97. The van der Waals surface area contributed by atoms with Crippen molar-refractivity contribution in [1.29, 1.82) is 0 Å². The van der Waals surface area contributed by atoms with Crippen molar-refractivity contribution in [2.45, 2.75) is 19.8 Å². The van der Waals surface area contributed by atoms with Gasteiger partial charge in [0.25, 0.3) is 5.91 Å². The molecule has 0 bridgehead atoms. The van der Waals surface area contributed by atoms with E-state index in [4.69, 9.17) is 27.7 Å². The maximum atomic E-state index is 12.0. The van der Waals surface area contributed by atoms with Crippen LogP contribution in [0.2, 0.25) is 10.3 Å². The lowest BCUT2D eigenvalue weighted by molar-refractivity contribution is 0.102. The zero-order valence-corrected chi connectivity index (χ0v) is 11.8. The molecule has 2 rings (SSSR count). The number of hydrogen-bond donors (Lipinski definition) is 1. The van der Waals surface area contributed by atoms with E-state index in [-0.39, 0.29) is 27.7 Å². The minimum atomic E-state index is -0.430. The normalized spacial score (nSPS) is 10.8. The molecule has 19 heavy (non-hydrogen) atoms. The lowest BCUT2D eigenvalue weighted by Crippen LogP contribution is -2.12. The van der Waals surface area contributed by atoms with Gasteiger partial charge >= 0.3 is 0 Å². The third-order valence-corrected chi connectivity index (χ3v) is 2.91. The van der Waals surface area contributed by atoms with Crippen LogP contribution in [-0.2, 0) is 0 Å². The molecule has 0 atom stereocenters. The molecule has 2 aromatic rings. The molecule has 0 spiro atoms. The highest BCUT2D eigenvalue weighted by Crippen LogP contribution is 2.20. The molecule has 1 N–H and O–H groups in total. The van der Waals surface area contributed by atoms with E-state index in [0.29, 0.717) is 0 Å². The summed E-state index contributed by atoms with van der Waals surface area (Å²) in [5, 5.41) is 6.66.